The number of anilines is 2. The summed E-state index contributed by atoms with van der Waals surface area (Å²) in [5, 5.41) is 9.67. The van der Waals surface area contributed by atoms with Gasteiger partial charge in [-0.2, -0.15) is 5.10 Å². The Kier molecular flexibility index (Phi) is 5.95. The maximum absolute atomic E-state index is 12.1. The molecule has 1 heterocycles. The smallest absolute Gasteiger partial charge is 0.411 e. The predicted octanol–water partition coefficient (Wildman–Crippen LogP) is 3.10. The van der Waals surface area contributed by atoms with Gasteiger partial charge in [-0.1, -0.05) is 6.07 Å². The van der Waals surface area contributed by atoms with Crippen molar-refractivity contribution in [1.82, 2.24) is 9.78 Å². The number of carbonyl (C=O) groups excluding carboxylic acids is 2. The average molecular weight is 330 g/mol. The van der Waals surface area contributed by atoms with Crippen molar-refractivity contribution in [3.63, 3.8) is 0 Å². The van der Waals surface area contributed by atoms with E-state index in [1.54, 1.807) is 36.0 Å². The number of aryl methyl sites for hydroxylation is 2. The van der Waals surface area contributed by atoms with Gasteiger partial charge in [-0.25, -0.2) is 4.79 Å². The average Bonchev–Trinajstić information content (AvgIpc) is 2.95. The highest BCUT2D eigenvalue weighted by Crippen LogP contribution is 2.23. The van der Waals surface area contributed by atoms with E-state index in [9.17, 15) is 9.59 Å². The van der Waals surface area contributed by atoms with Crippen molar-refractivity contribution in [2.24, 2.45) is 0 Å². The molecule has 1 aromatic carbocycles. The van der Waals surface area contributed by atoms with Gasteiger partial charge in [-0.15, -0.1) is 0 Å². The van der Waals surface area contributed by atoms with E-state index < -0.39 is 6.09 Å². The lowest BCUT2D eigenvalue weighted by Gasteiger charge is -2.13. The first-order valence-electron chi connectivity index (χ1n) is 7.82. The lowest BCUT2D eigenvalue weighted by Crippen LogP contribution is -2.17. The van der Waals surface area contributed by atoms with Crippen LogP contribution in [0.5, 0.6) is 0 Å². The summed E-state index contributed by atoms with van der Waals surface area (Å²) < 4.78 is 6.60. The van der Waals surface area contributed by atoms with Crippen molar-refractivity contribution in [2.45, 2.75) is 33.7 Å². The van der Waals surface area contributed by atoms with Gasteiger partial charge in [0.2, 0.25) is 5.91 Å². The third-order valence-corrected chi connectivity index (χ3v) is 3.45. The van der Waals surface area contributed by atoms with Gasteiger partial charge in [0.1, 0.15) is 0 Å². The first-order chi connectivity index (χ1) is 11.5. The second-order valence-electron chi connectivity index (χ2n) is 5.40. The van der Waals surface area contributed by atoms with Crippen LogP contribution in [0.15, 0.2) is 30.6 Å². The summed E-state index contributed by atoms with van der Waals surface area (Å²) in [5.74, 6) is -0.112. The van der Waals surface area contributed by atoms with Gasteiger partial charge in [-0.05, 0) is 44.0 Å². The topological polar surface area (TPSA) is 85.3 Å². The molecule has 0 saturated carbocycles. The van der Waals surface area contributed by atoms with Gasteiger partial charge >= 0.3 is 6.09 Å². The van der Waals surface area contributed by atoms with E-state index in [-0.39, 0.29) is 5.91 Å². The van der Waals surface area contributed by atoms with Gasteiger partial charge in [0.15, 0.2) is 0 Å². The third kappa shape index (κ3) is 4.84. The summed E-state index contributed by atoms with van der Waals surface area (Å²) in [6.07, 6.45) is 3.45. The van der Waals surface area contributed by atoms with Crippen LogP contribution < -0.4 is 10.6 Å². The van der Waals surface area contributed by atoms with Crippen LogP contribution in [0, 0.1) is 13.8 Å². The molecule has 7 nitrogen and oxygen atoms in total. The standard InChI is InChI=1S/C17H22N4O3/c1-4-24-17(23)20-15-7-5-6-14(13(15)3)19-16(22)8-9-21-11-12(2)10-18-21/h5-7,10-11H,4,8-9H2,1-3H3,(H,19,22)(H,20,23). The summed E-state index contributed by atoms with van der Waals surface area (Å²) in [5.41, 5.74) is 3.10. The predicted molar refractivity (Wildman–Crippen MR) is 92.0 cm³/mol. The van der Waals surface area contributed by atoms with E-state index in [1.165, 1.54) is 0 Å². The van der Waals surface area contributed by atoms with Crippen LogP contribution in [-0.2, 0) is 16.1 Å². The SMILES string of the molecule is CCOC(=O)Nc1cccc(NC(=O)CCn2cc(C)cn2)c1C. The molecule has 0 unspecified atom stereocenters. The zero-order valence-corrected chi connectivity index (χ0v) is 14.1. The van der Waals surface area contributed by atoms with Gasteiger partial charge < -0.3 is 10.1 Å². The number of rotatable bonds is 6. The molecule has 0 spiro atoms. The fourth-order valence-corrected chi connectivity index (χ4v) is 2.20. The second-order valence-corrected chi connectivity index (χ2v) is 5.40. The number of hydrogen-bond donors (Lipinski definition) is 2. The zero-order valence-electron chi connectivity index (χ0n) is 14.1. The molecule has 1 aromatic heterocycles. The molecular formula is C17H22N4O3. The molecule has 2 amide bonds. The molecule has 24 heavy (non-hydrogen) atoms. The summed E-state index contributed by atoms with van der Waals surface area (Å²) in [7, 11) is 0. The molecule has 0 aliphatic heterocycles. The van der Waals surface area contributed by atoms with Crippen molar-refractivity contribution < 1.29 is 14.3 Å². The summed E-state index contributed by atoms with van der Waals surface area (Å²) in [6, 6.07) is 5.32. The molecule has 2 rings (SSSR count). The molecular weight excluding hydrogens is 308 g/mol. The number of carbonyl (C=O) groups is 2. The first-order valence-corrected chi connectivity index (χ1v) is 7.82. The molecule has 0 radical (unpaired) electrons. The Morgan fingerprint density at radius 3 is 2.54 bits per heavy atom. The Morgan fingerprint density at radius 1 is 1.21 bits per heavy atom. The monoisotopic (exact) mass is 330 g/mol. The van der Waals surface area contributed by atoms with Gasteiger partial charge in [0, 0.05) is 30.5 Å². The van der Waals surface area contributed by atoms with Crippen molar-refractivity contribution in [3.05, 3.63) is 41.7 Å². The summed E-state index contributed by atoms with van der Waals surface area (Å²) in [6.45, 7) is 6.33. The van der Waals surface area contributed by atoms with Crippen molar-refractivity contribution in [2.75, 3.05) is 17.2 Å². The number of amides is 2. The molecule has 0 bridgehead atoms. The molecule has 0 fully saturated rings. The van der Waals surface area contributed by atoms with E-state index in [4.69, 9.17) is 4.74 Å². The number of benzene rings is 1. The van der Waals surface area contributed by atoms with Crippen LogP contribution in [0.2, 0.25) is 0 Å². The molecule has 0 atom stereocenters. The van der Waals surface area contributed by atoms with Crippen molar-refractivity contribution in [3.8, 4) is 0 Å². The van der Waals surface area contributed by atoms with Gasteiger partial charge in [-0.3, -0.25) is 14.8 Å². The van der Waals surface area contributed by atoms with E-state index >= 15 is 0 Å². The largest absolute Gasteiger partial charge is 0.450 e. The molecule has 0 aliphatic carbocycles. The quantitative estimate of drug-likeness (QED) is 0.852. The molecule has 2 aromatic rings. The Hall–Kier alpha value is -2.83. The molecule has 0 aliphatic rings. The summed E-state index contributed by atoms with van der Waals surface area (Å²) in [4.78, 5) is 23.6. The van der Waals surface area contributed by atoms with Crippen LogP contribution in [0.1, 0.15) is 24.5 Å². The molecule has 128 valence electrons. The number of nitrogens with zero attached hydrogens (tertiary/aromatic N) is 2. The van der Waals surface area contributed by atoms with Crippen LogP contribution in [-0.4, -0.2) is 28.4 Å². The maximum atomic E-state index is 12.1. The Labute approximate surface area is 141 Å². The fraction of sp³-hybridized carbons (Fsp3) is 0.353. The van der Waals surface area contributed by atoms with Crippen LogP contribution in [0.3, 0.4) is 0 Å². The van der Waals surface area contributed by atoms with Crippen LogP contribution >= 0.6 is 0 Å². The minimum atomic E-state index is -0.516. The van der Waals surface area contributed by atoms with E-state index in [0.29, 0.717) is 30.9 Å². The minimum Gasteiger partial charge on any atom is -0.450 e. The zero-order chi connectivity index (χ0) is 17.5. The van der Waals surface area contributed by atoms with E-state index in [2.05, 4.69) is 15.7 Å². The number of hydrogen-bond acceptors (Lipinski definition) is 4. The van der Waals surface area contributed by atoms with E-state index in [1.807, 2.05) is 20.0 Å². The Balaban J connectivity index is 1.96. The van der Waals surface area contributed by atoms with Crippen molar-refractivity contribution >= 4 is 23.4 Å². The van der Waals surface area contributed by atoms with Gasteiger partial charge in [0.25, 0.3) is 0 Å². The highest BCUT2D eigenvalue weighted by Gasteiger charge is 2.10. The lowest BCUT2D eigenvalue weighted by molar-refractivity contribution is -0.116. The van der Waals surface area contributed by atoms with Gasteiger partial charge in [0.05, 0.1) is 12.8 Å². The Morgan fingerprint density at radius 2 is 1.92 bits per heavy atom. The number of aromatic nitrogens is 2. The number of ether oxygens (including phenoxy) is 1. The maximum Gasteiger partial charge on any atom is 0.411 e. The minimum absolute atomic E-state index is 0.112. The van der Waals surface area contributed by atoms with Crippen LogP contribution in [0.25, 0.3) is 0 Å². The Bertz CT molecular complexity index is 724. The second kappa shape index (κ2) is 8.14. The molecule has 0 saturated heterocycles. The van der Waals surface area contributed by atoms with Crippen molar-refractivity contribution in [1.29, 1.82) is 0 Å². The highest BCUT2D eigenvalue weighted by molar-refractivity contribution is 5.94. The molecule has 2 N–H and O–H groups in total. The normalized spacial score (nSPS) is 10.3. The van der Waals surface area contributed by atoms with Crippen LogP contribution in [0.4, 0.5) is 16.2 Å². The fourth-order valence-electron chi connectivity index (χ4n) is 2.20. The summed E-state index contributed by atoms with van der Waals surface area (Å²) >= 11 is 0. The van der Waals surface area contributed by atoms with E-state index in [0.717, 1.165) is 11.1 Å². The molecule has 7 heteroatoms. The third-order valence-electron chi connectivity index (χ3n) is 3.45. The highest BCUT2D eigenvalue weighted by atomic mass is 16.5. The lowest BCUT2D eigenvalue weighted by atomic mass is 10.1. The number of nitrogens with one attached hydrogen (secondary N) is 2. The first kappa shape index (κ1) is 17.5.